The van der Waals surface area contributed by atoms with Crippen LogP contribution in [0.15, 0.2) is 59.4 Å². The number of halogens is 3. The molecule has 33 heavy (non-hydrogen) atoms. The van der Waals surface area contributed by atoms with Crippen LogP contribution >= 0.6 is 0 Å². The van der Waals surface area contributed by atoms with Crippen LogP contribution in [0, 0.1) is 6.92 Å². The Kier molecular flexibility index (Phi) is 5.67. The number of hydrogen-bond acceptors (Lipinski definition) is 4. The number of nitrogens with one attached hydrogen (secondary N) is 2. The van der Waals surface area contributed by atoms with Gasteiger partial charge < -0.3 is 10.1 Å². The minimum Gasteiger partial charge on any atom is -0.497 e. The maximum absolute atomic E-state index is 13.8. The number of aromatic nitrogens is 3. The second-order valence-electron chi connectivity index (χ2n) is 7.32. The maximum atomic E-state index is 13.8. The molecule has 0 bridgehead atoms. The molecule has 4 aromatic rings. The number of carbonyl (C=O) groups excluding carboxylic acids is 1. The number of amides is 1. The van der Waals surface area contributed by atoms with E-state index in [2.05, 4.69) is 15.4 Å². The molecule has 10 heteroatoms. The number of aromatic amines is 1. The Morgan fingerprint density at radius 3 is 2.39 bits per heavy atom. The number of anilines is 1. The van der Waals surface area contributed by atoms with Crippen molar-refractivity contribution in [1.29, 1.82) is 0 Å². The highest BCUT2D eigenvalue weighted by Crippen LogP contribution is 2.38. The zero-order valence-corrected chi connectivity index (χ0v) is 17.7. The molecule has 0 fully saturated rings. The molecule has 2 N–H and O–H groups in total. The molecule has 0 aliphatic carbocycles. The van der Waals surface area contributed by atoms with Crippen molar-refractivity contribution < 1.29 is 22.7 Å². The predicted octanol–water partition coefficient (Wildman–Crippen LogP) is 4.21. The molecule has 2 heterocycles. The van der Waals surface area contributed by atoms with Crippen LogP contribution in [0.1, 0.15) is 17.0 Å². The minimum atomic E-state index is -4.74. The second kappa shape index (κ2) is 8.45. The molecule has 1 amide bonds. The van der Waals surface area contributed by atoms with Gasteiger partial charge in [-0.1, -0.05) is 30.3 Å². The number of benzene rings is 2. The number of aryl methyl sites for hydroxylation is 1. The molecule has 0 saturated heterocycles. The van der Waals surface area contributed by atoms with Crippen molar-refractivity contribution >= 4 is 17.2 Å². The summed E-state index contributed by atoms with van der Waals surface area (Å²) in [6.07, 6.45) is -5.10. The Bertz CT molecular complexity index is 1370. The van der Waals surface area contributed by atoms with Crippen LogP contribution in [-0.2, 0) is 17.4 Å². The molecule has 0 saturated carbocycles. The summed E-state index contributed by atoms with van der Waals surface area (Å²) in [5.41, 5.74) is -1.32. The number of H-pyrrole nitrogens is 1. The summed E-state index contributed by atoms with van der Waals surface area (Å²) in [4.78, 5) is 29.9. The summed E-state index contributed by atoms with van der Waals surface area (Å²) < 4.78 is 47.1. The highest BCUT2D eigenvalue weighted by molar-refractivity contribution is 5.92. The van der Waals surface area contributed by atoms with E-state index in [1.54, 1.807) is 42.5 Å². The van der Waals surface area contributed by atoms with Crippen LogP contribution in [-0.4, -0.2) is 27.6 Å². The highest BCUT2D eigenvalue weighted by atomic mass is 19.4. The molecule has 0 unspecified atom stereocenters. The lowest BCUT2D eigenvalue weighted by Crippen LogP contribution is -2.26. The lowest BCUT2D eigenvalue weighted by molar-refractivity contribution is -0.140. The fourth-order valence-corrected chi connectivity index (χ4v) is 3.54. The smallest absolute Gasteiger partial charge is 0.433 e. The third kappa shape index (κ3) is 4.32. The van der Waals surface area contributed by atoms with Gasteiger partial charge in [-0.15, -0.1) is 0 Å². The number of rotatable bonds is 5. The predicted molar refractivity (Wildman–Crippen MR) is 116 cm³/mol. The van der Waals surface area contributed by atoms with Crippen molar-refractivity contribution in [1.82, 2.24) is 14.6 Å². The van der Waals surface area contributed by atoms with Gasteiger partial charge in [0.25, 0.3) is 5.56 Å². The number of nitrogens with zero attached hydrogens (tertiary/aromatic N) is 2. The number of alkyl halides is 3. The Morgan fingerprint density at radius 1 is 1.12 bits per heavy atom. The second-order valence-corrected chi connectivity index (χ2v) is 7.32. The van der Waals surface area contributed by atoms with Crippen LogP contribution in [0.25, 0.3) is 16.8 Å². The molecule has 0 aliphatic heterocycles. The summed E-state index contributed by atoms with van der Waals surface area (Å²) in [6, 6.07) is 14.5. The van der Waals surface area contributed by atoms with E-state index in [-0.39, 0.29) is 34.5 Å². The first kappa shape index (κ1) is 22.1. The van der Waals surface area contributed by atoms with Gasteiger partial charge in [-0.3, -0.25) is 14.7 Å². The van der Waals surface area contributed by atoms with Crippen LogP contribution in [0.2, 0.25) is 0 Å². The van der Waals surface area contributed by atoms with E-state index >= 15 is 0 Å². The number of ether oxygens (including phenoxy) is 1. The summed E-state index contributed by atoms with van der Waals surface area (Å²) in [7, 11) is 1.51. The van der Waals surface area contributed by atoms with Gasteiger partial charge in [0.1, 0.15) is 11.4 Å². The summed E-state index contributed by atoms with van der Waals surface area (Å²) in [6.45, 7) is 1.49. The molecule has 170 valence electrons. The minimum absolute atomic E-state index is 0.00639. The van der Waals surface area contributed by atoms with E-state index in [0.29, 0.717) is 11.4 Å². The third-order valence-corrected chi connectivity index (χ3v) is 5.14. The van der Waals surface area contributed by atoms with Gasteiger partial charge in [0, 0.05) is 16.9 Å². The van der Waals surface area contributed by atoms with Gasteiger partial charge in [-0.25, -0.2) is 9.50 Å². The molecule has 0 aliphatic rings. The van der Waals surface area contributed by atoms with Crippen LogP contribution < -0.4 is 15.6 Å². The molecular weight excluding hydrogens is 437 g/mol. The van der Waals surface area contributed by atoms with Crippen molar-refractivity contribution in [2.24, 2.45) is 0 Å². The van der Waals surface area contributed by atoms with E-state index in [1.807, 2.05) is 0 Å². The molecule has 0 radical (unpaired) electrons. The van der Waals surface area contributed by atoms with Crippen LogP contribution in [0.4, 0.5) is 18.9 Å². The lowest BCUT2D eigenvalue weighted by atomic mass is 10.1. The first-order chi connectivity index (χ1) is 15.7. The van der Waals surface area contributed by atoms with Gasteiger partial charge in [-0.05, 0) is 36.8 Å². The molecule has 0 spiro atoms. The Balaban J connectivity index is 1.75. The molecular formula is C23H19F3N4O3. The van der Waals surface area contributed by atoms with Crippen LogP contribution in [0.3, 0.4) is 0 Å². The molecule has 7 nitrogen and oxygen atoms in total. The lowest BCUT2D eigenvalue weighted by Gasteiger charge is -2.08. The topological polar surface area (TPSA) is 88.5 Å². The number of fused-ring (bicyclic) bond motifs is 1. The zero-order chi connectivity index (χ0) is 23.8. The van der Waals surface area contributed by atoms with Gasteiger partial charge in [0.2, 0.25) is 5.91 Å². The van der Waals surface area contributed by atoms with Gasteiger partial charge >= 0.3 is 6.18 Å². The van der Waals surface area contributed by atoms with E-state index in [4.69, 9.17) is 4.74 Å². The molecule has 4 rings (SSSR count). The highest BCUT2D eigenvalue weighted by Gasteiger charge is 2.38. The summed E-state index contributed by atoms with van der Waals surface area (Å²) in [5, 5.41) is 4.80. The molecule has 0 atom stereocenters. The largest absolute Gasteiger partial charge is 0.497 e. The van der Waals surface area contributed by atoms with Crippen molar-refractivity contribution in [3.05, 3.63) is 81.9 Å². The van der Waals surface area contributed by atoms with Gasteiger partial charge in [-0.2, -0.15) is 13.2 Å². The van der Waals surface area contributed by atoms with Crippen molar-refractivity contribution in [3.63, 3.8) is 0 Å². The Morgan fingerprint density at radius 2 is 1.79 bits per heavy atom. The first-order valence-corrected chi connectivity index (χ1v) is 9.89. The van der Waals surface area contributed by atoms with Crippen molar-refractivity contribution in [2.45, 2.75) is 19.5 Å². The first-order valence-electron chi connectivity index (χ1n) is 9.89. The fraction of sp³-hybridized carbons (Fsp3) is 0.174. The zero-order valence-electron chi connectivity index (χ0n) is 17.7. The Labute approximate surface area is 185 Å². The van der Waals surface area contributed by atoms with Crippen LogP contribution in [0.5, 0.6) is 5.75 Å². The fourth-order valence-electron chi connectivity index (χ4n) is 3.54. The Hall–Kier alpha value is -4.08. The third-order valence-electron chi connectivity index (χ3n) is 5.14. The average molecular weight is 456 g/mol. The van der Waals surface area contributed by atoms with Gasteiger partial charge in [0.05, 0.1) is 19.1 Å². The SMILES string of the molecule is COc1ccc(NC(=O)Cc2c(C)nc3c(-c4ccccc4)c(C(F)(F)F)[nH]n3c2=O)cc1. The van der Waals surface area contributed by atoms with E-state index in [9.17, 15) is 22.8 Å². The number of carbonyl (C=O) groups is 1. The normalized spacial score (nSPS) is 11.5. The average Bonchev–Trinajstić information content (AvgIpc) is 3.18. The van der Waals surface area contributed by atoms with E-state index in [1.165, 1.54) is 26.2 Å². The maximum Gasteiger partial charge on any atom is 0.433 e. The van der Waals surface area contributed by atoms with Crippen molar-refractivity contribution in [2.75, 3.05) is 12.4 Å². The summed E-state index contributed by atoms with van der Waals surface area (Å²) in [5.74, 6) is 0.103. The van der Waals surface area contributed by atoms with Gasteiger partial charge in [0.15, 0.2) is 5.65 Å². The van der Waals surface area contributed by atoms with E-state index < -0.39 is 23.3 Å². The molecule has 2 aromatic carbocycles. The van der Waals surface area contributed by atoms with E-state index in [0.717, 1.165) is 4.52 Å². The quantitative estimate of drug-likeness (QED) is 0.471. The number of methoxy groups -OCH3 is 1. The standard InChI is InChI=1S/C23H19F3N4O3/c1-13-17(12-18(31)28-15-8-10-16(33-2)11-9-15)22(32)30-21(27-13)19(14-6-4-3-5-7-14)20(29-30)23(24,25)26/h3-11,29H,12H2,1-2H3,(H,28,31). The molecule has 2 aromatic heterocycles. The summed E-state index contributed by atoms with van der Waals surface area (Å²) >= 11 is 0. The number of hydrogen-bond donors (Lipinski definition) is 2. The van der Waals surface area contributed by atoms with Crippen molar-refractivity contribution in [3.8, 4) is 16.9 Å². The monoisotopic (exact) mass is 456 g/mol.